The van der Waals surface area contributed by atoms with Crippen molar-refractivity contribution >= 4 is 33.5 Å². The minimum absolute atomic E-state index is 0.0397. The molecule has 6 nitrogen and oxygen atoms in total. The molecule has 0 saturated carbocycles. The highest BCUT2D eigenvalue weighted by Crippen LogP contribution is 2.41. The van der Waals surface area contributed by atoms with E-state index >= 15 is 4.39 Å². The smallest absolute Gasteiger partial charge is 0.410 e. The molecule has 0 bridgehead atoms. The van der Waals surface area contributed by atoms with Gasteiger partial charge in [-0.1, -0.05) is 30.2 Å². The van der Waals surface area contributed by atoms with Crippen molar-refractivity contribution in [3.05, 3.63) is 66.0 Å². The molecule has 0 spiro atoms. The van der Waals surface area contributed by atoms with E-state index in [0.29, 0.717) is 34.8 Å². The monoisotopic (exact) mass is 512 g/mol. The van der Waals surface area contributed by atoms with E-state index in [1.54, 1.807) is 41.6 Å². The van der Waals surface area contributed by atoms with Crippen LogP contribution in [0.5, 0.6) is 0 Å². The van der Waals surface area contributed by atoms with Gasteiger partial charge in [0.05, 0.1) is 17.6 Å². The molecule has 0 unspecified atom stereocenters. The van der Waals surface area contributed by atoms with Crippen molar-refractivity contribution in [3.63, 3.8) is 0 Å². The van der Waals surface area contributed by atoms with Crippen LogP contribution < -0.4 is 4.90 Å². The fourth-order valence-corrected chi connectivity index (χ4v) is 5.64. The Morgan fingerprint density at radius 1 is 1.13 bits per heavy atom. The largest absolute Gasteiger partial charge is 0.444 e. The van der Waals surface area contributed by atoms with Crippen LogP contribution in [0.1, 0.15) is 32.8 Å². The normalized spacial score (nSPS) is 18.8. The summed E-state index contributed by atoms with van der Waals surface area (Å²) < 4.78 is 36.1. The summed E-state index contributed by atoms with van der Waals surface area (Å²) in [5.41, 5.74) is 0.978. The van der Waals surface area contributed by atoms with Crippen molar-refractivity contribution in [3.8, 4) is 23.6 Å². The quantitative estimate of drug-likeness (QED) is 0.313. The van der Waals surface area contributed by atoms with E-state index in [0.717, 1.165) is 12.1 Å². The second kappa shape index (κ2) is 8.66. The zero-order valence-corrected chi connectivity index (χ0v) is 21.3. The zero-order valence-electron chi connectivity index (χ0n) is 21.3. The number of terminal acetylenes is 1. The van der Waals surface area contributed by atoms with Gasteiger partial charge in [-0.05, 0) is 44.7 Å². The first-order valence-electron chi connectivity index (χ1n) is 12.6. The Hall–Kier alpha value is -4.25. The highest BCUT2D eigenvalue weighted by Gasteiger charge is 2.50. The minimum Gasteiger partial charge on any atom is -0.444 e. The predicted octanol–water partition coefficient (Wildman–Crippen LogP) is 5.91. The van der Waals surface area contributed by atoms with Gasteiger partial charge < -0.3 is 14.5 Å². The lowest BCUT2D eigenvalue weighted by Crippen LogP contribution is -2.63. The van der Waals surface area contributed by atoms with Gasteiger partial charge in [-0.15, -0.1) is 6.42 Å². The molecule has 6 rings (SSSR count). The van der Waals surface area contributed by atoms with E-state index in [2.05, 4.69) is 20.8 Å². The number of aromatic nitrogens is 2. The van der Waals surface area contributed by atoms with Crippen LogP contribution in [-0.2, 0) is 4.74 Å². The predicted molar refractivity (Wildman–Crippen MR) is 143 cm³/mol. The average molecular weight is 513 g/mol. The van der Waals surface area contributed by atoms with Gasteiger partial charge in [0.25, 0.3) is 0 Å². The molecule has 0 N–H and O–H groups in total. The number of hydrogen-bond donors (Lipinski definition) is 0. The molecule has 38 heavy (non-hydrogen) atoms. The van der Waals surface area contributed by atoms with Crippen molar-refractivity contribution in [2.24, 2.45) is 0 Å². The fourth-order valence-electron chi connectivity index (χ4n) is 5.64. The summed E-state index contributed by atoms with van der Waals surface area (Å²) in [4.78, 5) is 25.4. The van der Waals surface area contributed by atoms with Crippen molar-refractivity contribution < 1.29 is 18.3 Å². The molecule has 0 aliphatic carbocycles. The fraction of sp³-hybridized carbons (Fsp3) is 0.300. The lowest BCUT2D eigenvalue weighted by Gasteiger charge is -2.48. The van der Waals surface area contributed by atoms with Gasteiger partial charge in [-0.3, -0.25) is 9.97 Å². The molecule has 2 atom stereocenters. The summed E-state index contributed by atoms with van der Waals surface area (Å²) in [6.45, 7) is 6.78. The maximum Gasteiger partial charge on any atom is 0.410 e. The molecular weight excluding hydrogens is 486 g/mol. The van der Waals surface area contributed by atoms with Gasteiger partial charge in [0, 0.05) is 47.5 Å². The van der Waals surface area contributed by atoms with Gasteiger partial charge in [-0.25, -0.2) is 13.6 Å². The van der Waals surface area contributed by atoms with Crippen LogP contribution in [-0.4, -0.2) is 51.7 Å². The maximum atomic E-state index is 16.0. The Morgan fingerprint density at radius 3 is 2.71 bits per heavy atom. The Bertz CT molecular complexity index is 1660. The topological polar surface area (TPSA) is 58.6 Å². The van der Waals surface area contributed by atoms with Crippen molar-refractivity contribution in [2.75, 3.05) is 18.0 Å². The molecule has 2 aromatic heterocycles. The molecule has 2 aliphatic rings. The third-order valence-corrected chi connectivity index (χ3v) is 7.33. The van der Waals surface area contributed by atoms with Crippen LogP contribution in [0.4, 0.5) is 19.3 Å². The molecule has 4 heterocycles. The van der Waals surface area contributed by atoms with E-state index < -0.39 is 17.2 Å². The summed E-state index contributed by atoms with van der Waals surface area (Å²) in [7, 11) is 0. The number of carbonyl (C=O) groups is 1. The number of carbonyl (C=O) groups excluding carboxylic acids is 1. The Labute approximate surface area is 219 Å². The summed E-state index contributed by atoms with van der Waals surface area (Å²) in [6.07, 6.45) is 9.28. The van der Waals surface area contributed by atoms with Gasteiger partial charge in [0.15, 0.2) is 5.82 Å². The van der Waals surface area contributed by atoms with Gasteiger partial charge >= 0.3 is 6.09 Å². The molecule has 2 saturated heterocycles. The number of halogens is 2. The lowest BCUT2D eigenvalue weighted by molar-refractivity contribution is 0.0194. The highest BCUT2D eigenvalue weighted by atomic mass is 19.1. The van der Waals surface area contributed by atoms with Gasteiger partial charge in [0.2, 0.25) is 0 Å². The number of amides is 1. The standard InChI is InChI=1S/C30H26F2N4O2/c1-5-18-21(31)10-9-17-7-6-8-19(25(17)18)27-26(32)28-20(15-34-27)22(11-13-33-28)36-16-24-23(36)12-14-35(24)29(37)38-30(2,3)4/h1,6-11,13,15,23-24H,12,14,16H2,2-4H3/t23-,24-/m1/s1. The Kier molecular flexibility index (Phi) is 5.49. The van der Waals surface area contributed by atoms with Crippen LogP contribution in [0, 0.1) is 24.0 Å². The molecular formula is C30H26F2N4O2. The van der Waals surface area contributed by atoms with Gasteiger partial charge in [-0.2, -0.15) is 0 Å². The summed E-state index contributed by atoms with van der Waals surface area (Å²) >= 11 is 0. The molecule has 4 aromatic rings. The van der Waals surface area contributed by atoms with Crippen LogP contribution in [0.3, 0.4) is 0 Å². The summed E-state index contributed by atoms with van der Waals surface area (Å²) in [5, 5.41) is 1.71. The highest BCUT2D eigenvalue weighted by molar-refractivity contribution is 6.02. The van der Waals surface area contributed by atoms with E-state index in [-0.39, 0.29) is 35.0 Å². The van der Waals surface area contributed by atoms with Crippen molar-refractivity contribution in [1.82, 2.24) is 14.9 Å². The minimum atomic E-state index is -0.594. The van der Waals surface area contributed by atoms with Gasteiger partial charge in [0.1, 0.15) is 22.6 Å². The molecule has 192 valence electrons. The van der Waals surface area contributed by atoms with E-state index in [1.807, 2.05) is 26.8 Å². The second-order valence-electron chi connectivity index (χ2n) is 10.7. The van der Waals surface area contributed by atoms with Crippen molar-refractivity contribution in [1.29, 1.82) is 0 Å². The zero-order chi connectivity index (χ0) is 26.8. The number of likely N-dealkylation sites (tertiary alicyclic amines) is 1. The average Bonchev–Trinajstić information content (AvgIpc) is 3.19. The van der Waals surface area contributed by atoms with E-state index in [9.17, 15) is 9.18 Å². The first-order chi connectivity index (χ1) is 18.2. The molecule has 1 amide bonds. The number of ether oxygens (including phenoxy) is 1. The first-order valence-corrected chi connectivity index (χ1v) is 12.6. The molecule has 0 radical (unpaired) electrons. The molecule has 2 aliphatic heterocycles. The number of nitrogens with zero attached hydrogens (tertiary/aromatic N) is 4. The Morgan fingerprint density at radius 2 is 1.95 bits per heavy atom. The first kappa shape index (κ1) is 24.1. The number of anilines is 1. The summed E-state index contributed by atoms with van der Waals surface area (Å²) in [5.74, 6) is 1.27. The SMILES string of the molecule is C#Cc1c(F)ccc2cccc(-c3ncc4c(N5C[C@@H]6[C@H]5CCN6C(=O)OC(C)(C)C)ccnc4c3F)c12. The third kappa shape index (κ3) is 3.73. The molecule has 2 aromatic carbocycles. The van der Waals surface area contributed by atoms with Crippen LogP contribution in [0.15, 0.2) is 48.8 Å². The number of hydrogen-bond acceptors (Lipinski definition) is 5. The maximum absolute atomic E-state index is 16.0. The number of benzene rings is 2. The molecule has 2 fully saturated rings. The third-order valence-electron chi connectivity index (χ3n) is 7.33. The lowest BCUT2D eigenvalue weighted by atomic mass is 9.94. The van der Waals surface area contributed by atoms with Crippen LogP contribution >= 0.6 is 0 Å². The van der Waals surface area contributed by atoms with E-state index in [4.69, 9.17) is 11.2 Å². The number of rotatable bonds is 2. The summed E-state index contributed by atoms with van der Waals surface area (Å²) in [6, 6.07) is 10.2. The van der Waals surface area contributed by atoms with Crippen LogP contribution in [0.2, 0.25) is 0 Å². The number of fused-ring (bicyclic) bond motifs is 3. The Balaban J connectivity index is 1.37. The second-order valence-corrected chi connectivity index (χ2v) is 10.7. The number of pyridine rings is 2. The van der Waals surface area contributed by atoms with Crippen LogP contribution in [0.25, 0.3) is 32.9 Å². The molecule has 8 heteroatoms. The van der Waals surface area contributed by atoms with Crippen molar-refractivity contribution in [2.45, 2.75) is 44.9 Å². The van der Waals surface area contributed by atoms with E-state index in [1.165, 1.54) is 6.07 Å².